The first-order valence-electron chi connectivity index (χ1n) is 7.85. The van der Waals surface area contributed by atoms with E-state index in [1.54, 1.807) is 0 Å². The number of nitrogens with one attached hydrogen (secondary N) is 2. The molecule has 1 aromatic rings. The average molecular weight is 300 g/mol. The molecule has 1 aromatic heterocycles. The van der Waals surface area contributed by atoms with Crippen molar-refractivity contribution in [2.24, 2.45) is 0 Å². The minimum absolute atomic E-state index is 0.439. The van der Waals surface area contributed by atoms with Crippen molar-refractivity contribution in [2.45, 2.75) is 64.5 Å². The van der Waals surface area contributed by atoms with Crippen LogP contribution in [-0.2, 0) is 17.7 Å². The van der Waals surface area contributed by atoms with E-state index in [4.69, 9.17) is 16.3 Å². The number of halogens is 1. The molecule has 4 nitrogen and oxygen atoms in total. The number of imidazole rings is 1. The number of rotatable bonds is 8. The molecule has 0 spiro atoms. The van der Waals surface area contributed by atoms with Crippen molar-refractivity contribution < 1.29 is 4.74 Å². The van der Waals surface area contributed by atoms with Gasteiger partial charge >= 0.3 is 0 Å². The summed E-state index contributed by atoms with van der Waals surface area (Å²) in [7, 11) is 0. The molecule has 2 heterocycles. The Morgan fingerprint density at radius 2 is 2.35 bits per heavy atom. The Balaban J connectivity index is 1.66. The normalized spacial score (nSPS) is 19.4. The second-order valence-electron chi connectivity index (χ2n) is 5.51. The van der Waals surface area contributed by atoms with E-state index in [-0.39, 0.29) is 0 Å². The lowest BCUT2D eigenvalue weighted by molar-refractivity contribution is 0.0115. The first-order chi connectivity index (χ1) is 9.79. The Kier molecular flexibility index (Phi) is 6.83. The molecule has 5 heteroatoms. The maximum absolute atomic E-state index is 6.14. The van der Waals surface area contributed by atoms with Crippen LogP contribution < -0.4 is 5.32 Å². The molecule has 1 aliphatic rings. The van der Waals surface area contributed by atoms with Crippen molar-refractivity contribution in [2.75, 3.05) is 13.2 Å². The standard InChI is InChI=1S/C15H26ClN3O/c1-2-3-7-14-18-13(15(16)19-14)11-17-9-8-12-6-4-5-10-20-12/h12,17H,2-11H2,1H3,(H,18,19). The molecule has 20 heavy (non-hydrogen) atoms. The van der Waals surface area contributed by atoms with Gasteiger partial charge < -0.3 is 15.0 Å². The molecule has 2 N–H and O–H groups in total. The highest BCUT2D eigenvalue weighted by Crippen LogP contribution is 2.16. The molecular weight excluding hydrogens is 274 g/mol. The van der Waals surface area contributed by atoms with Crippen LogP contribution in [0.2, 0.25) is 5.15 Å². The first-order valence-corrected chi connectivity index (χ1v) is 8.23. The van der Waals surface area contributed by atoms with Crippen LogP contribution in [0.4, 0.5) is 0 Å². The zero-order valence-electron chi connectivity index (χ0n) is 12.4. The lowest BCUT2D eigenvalue weighted by Crippen LogP contribution is -2.25. The summed E-state index contributed by atoms with van der Waals surface area (Å²) in [4.78, 5) is 7.68. The average Bonchev–Trinajstić information content (AvgIpc) is 2.83. The SMILES string of the molecule is CCCCc1nc(Cl)c(CNCCC2CCCCO2)[nH]1. The molecule has 1 aliphatic heterocycles. The van der Waals surface area contributed by atoms with Gasteiger partial charge in [0.2, 0.25) is 0 Å². The zero-order valence-corrected chi connectivity index (χ0v) is 13.1. The highest BCUT2D eigenvalue weighted by atomic mass is 35.5. The Morgan fingerprint density at radius 3 is 3.10 bits per heavy atom. The predicted octanol–water partition coefficient (Wildman–Crippen LogP) is 3.45. The van der Waals surface area contributed by atoms with Gasteiger partial charge in [0, 0.05) is 19.6 Å². The summed E-state index contributed by atoms with van der Waals surface area (Å²) in [6, 6.07) is 0. The number of hydrogen-bond donors (Lipinski definition) is 2. The van der Waals surface area contributed by atoms with E-state index in [2.05, 4.69) is 22.2 Å². The van der Waals surface area contributed by atoms with E-state index in [1.807, 2.05) is 0 Å². The van der Waals surface area contributed by atoms with Gasteiger partial charge in [-0.2, -0.15) is 0 Å². The van der Waals surface area contributed by atoms with Gasteiger partial charge in [-0.05, 0) is 38.6 Å². The number of aromatic amines is 1. The molecule has 0 bridgehead atoms. The number of H-pyrrole nitrogens is 1. The Bertz CT molecular complexity index is 388. The van der Waals surface area contributed by atoms with Gasteiger partial charge in [0.05, 0.1) is 11.8 Å². The summed E-state index contributed by atoms with van der Waals surface area (Å²) in [5, 5.41) is 4.03. The minimum Gasteiger partial charge on any atom is -0.378 e. The van der Waals surface area contributed by atoms with Crippen LogP contribution in [-0.4, -0.2) is 29.2 Å². The van der Waals surface area contributed by atoms with Gasteiger partial charge in [-0.1, -0.05) is 24.9 Å². The van der Waals surface area contributed by atoms with Crippen molar-refractivity contribution >= 4 is 11.6 Å². The second kappa shape index (κ2) is 8.65. The molecule has 0 aromatic carbocycles. The lowest BCUT2D eigenvalue weighted by Gasteiger charge is -2.22. The molecule has 2 rings (SSSR count). The molecule has 0 saturated carbocycles. The molecule has 0 radical (unpaired) electrons. The van der Waals surface area contributed by atoms with Crippen LogP contribution in [0.1, 0.15) is 57.0 Å². The van der Waals surface area contributed by atoms with Gasteiger partial charge in [-0.3, -0.25) is 0 Å². The van der Waals surface area contributed by atoms with Crippen molar-refractivity contribution in [3.8, 4) is 0 Å². The van der Waals surface area contributed by atoms with Gasteiger partial charge in [0.25, 0.3) is 0 Å². The summed E-state index contributed by atoms with van der Waals surface area (Å²) in [5.41, 5.74) is 1.00. The van der Waals surface area contributed by atoms with Gasteiger partial charge in [0.15, 0.2) is 5.15 Å². The van der Waals surface area contributed by atoms with Crippen LogP contribution in [0.15, 0.2) is 0 Å². The molecule has 1 saturated heterocycles. The second-order valence-corrected chi connectivity index (χ2v) is 5.87. The van der Waals surface area contributed by atoms with E-state index >= 15 is 0 Å². The molecule has 0 amide bonds. The third-order valence-electron chi connectivity index (χ3n) is 3.76. The third kappa shape index (κ3) is 5.08. The predicted molar refractivity (Wildman–Crippen MR) is 82.1 cm³/mol. The Hall–Kier alpha value is -0.580. The van der Waals surface area contributed by atoms with E-state index in [0.29, 0.717) is 11.3 Å². The van der Waals surface area contributed by atoms with Crippen LogP contribution in [0.25, 0.3) is 0 Å². The topological polar surface area (TPSA) is 49.9 Å². The van der Waals surface area contributed by atoms with Gasteiger partial charge in [0.1, 0.15) is 5.82 Å². The number of unbranched alkanes of at least 4 members (excludes halogenated alkanes) is 1. The highest BCUT2D eigenvalue weighted by molar-refractivity contribution is 6.30. The van der Waals surface area contributed by atoms with Crippen molar-refractivity contribution in [1.82, 2.24) is 15.3 Å². The fourth-order valence-corrected chi connectivity index (χ4v) is 2.75. The van der Waals surface area contributed by atoms with Crippen molar-refractivity contribution in [1.29, 1.82) is 0 Å². The molecular formula is C15H26ClN3O. The van der Waals surface area contributed by atoms with Crippen LogP contribution >= 0.6 is 11.6 Å². The number of aryl methyl sites for hydroxylation is 1. The molecule has 1 unspecified atom stereocenters. The number of nitrogens with zero attached hydrogens (tertiary/aromatic N) is 1. The Labute approximate surface area is 126 Å². The van der Waals surface area contributed by atoms with E-state index < -0.39 is 0 Å². The lowest BCUT2D eigenvalue weighted by atomic mass is 10.1. The minimum atomic E-state index is 0.439. The summed E-state index contributed by atoms with van der Waals surface area (Å²) in [5.74, 6) is 1.00. The van der Waals surface area contributed by atoms with Crippen LogP contribution in [0.5, 0.6) is 0 Å². The van der Waals surface area contributed by atoms with Gasteiger partial charge in [-0.25, -0.2) is 4.98 Å². The summed E-state index contributed by atoms with van der Waals surface area (Å²) < 4.78 is 5.72. The summed E-state index contributed by atoms with van der Waals surface area (Å²) >= 11 is 6.14. The van der Waals surface area contributed by atoms with E-state index in [0.717, 1.165) is 50.5 Å². The van der Waals surface area contributed by atoms with Crippen LogP contribution in [0.3, 0.4) is 0 Å². The highest BCUT2D eigenvalue weighted by Gasteiger charge is 2.13. The summed E-state index contributed by atoms with van der Waals surface area (Å²) in [6.07, 6.45) is 8.54. The molecule has 114 valence electrons. The van der Waals surface area contributed by atoms with Crippen molar-refractivity contribution in [3.63, 3.8) is 0 Å². The summed E-state index contributed by atoms with van der Waals surface area (Å²) in [6.45, 7) is 4.83. The molecule has 0 aliphatic carbocycles. The van der Waals surface area contributed by atoms with E-state index in [1.165, 1.54) is 25.7 Å². The molecule has 1 fully saturated rings. The fourth-order valence-electron chi connectivity index (χ4n) is 2.53. The number of aromatic nitrogens is 2. The largest absolute Gasteiger partial charge is 0.378 e. The zero-order chi connectivity index (χ0) is 14.2. The van der Waals surface area contributed by atoms with Crippen LogP contribution in [0, 0.1) is 0 Å². The van der Waals surface area contributed by atoms with E-state index in [9.17, 15) is 0 Å². The number of ether oxygens (including phenoxy) is 1. The monoisotopic (exact) mass is 299 g/mol. The quantitative estimate of drug-likeness (QED) is 0.723. The van der Waals surface area contributed by atoms with Crippen molar-refractivity contribution in [3.05, 3.63) is 16.7 Å². The Morgan fingerprint density at radius 1 is 1.45 bits per heavy atom. The fraction of sp³-hybridized carbons (Fsp3) is 0.800. The first kappa shape index (κ1) is 15.8. The smallest absolute Gasteiger partial charge is 0.151 e. The maximum Gasteiger partial charge on any atom is 0.151 e. The number of hydrogen-bond acceptors (Lipinski definition) is 3. The van der Waals surface area contributed by atoms with Gasteiger partial charge in [-0.15, -0.1) is 0 Å². The maximum atomic E-state index is 6.14. The third-order valence-corrected chi connectivity index (χ3v) is 4.08. The molecule has 1 atom stereocenters.